The van der Waals surface area contributed by atoms with Gasteiger partial charge in [-0.3, -0.25) is 0 Å². The summed E-state index contributed by atoms with van der Waals surface area (Å²) in [4.78, 5) is 10.3. The van der Waals surface area contributed by atoms with Gasteiger partial charge in [0.25, 0.3) is 0 Å². The molecule has 2 nitrogen and oxygen atoms in total. The van der Waals surface area contributed by atoms with Crippen molar-refractivity contribution in [3.8, 4) is 0 Å². The zero-order valence-corrected chi connectivity index (χ0v) is 6.11. The molecule has 0 aromatic heterocycles. The van der Waals surface area contributed by atoms with Crippen molar-refractivity contribution in [2.45, 2.75) is 13.1 Å². The van der Waals surface area contributed by atoms with E-state index in [1.165, 1.54) is 6.92 Å². The Morgan fingerprint density at radius 1 is 1.50 bits per heavy atom. The third-order valence-electron chi connectivity index (χ3n) is 0.761. The SMILES string of the molecule is CCOC(=O)/C(F)=C/C(F)(F)F. The Balaban J connectivity index is 4.28. The van der Waals surface area contributed by atoms with Crippen molar-refractivity contribution in [3.05, 3.63) is 11.9 Å². The molecule has 0 spiro atoms. The summed E-state index contributed by atoms with van der Waals surface area (Å²) in [5.41, 5.74) is 0. The van der Waals surface area contributed by atoms with Crippen molar-refractivity contribution in [1.82, 2.24) is 0 Å². The number of ether oxygens (including phenoxy) is 1. The van der Waals surface area contributed by atoms with E-state index in [0.717, 1.165) is 0 Å². The van der Waals surface area contributed by atoms with Gasteiger partial charge in [-0.15, -0.1) is 0 Å². The minimum atomic E-state index is -4.84. The smallest absolute Gasteiger partial charge is 0.412 e. The number of hydrogen-bond donors (Lipinski definition) is 0. The van der Waals surface area contributed by atoms with E-state index in [0.29, 0.717) is 0 Å². The number of esters is 1. The van der Waals surface area contributed by atoms with Crippen LogP contribution in [0.15, 0.2) is 11.9 Å². The fraction of sp³-hybridized carbons (Fsp3) is 0.500. The van der Waals surface area contributed by atoms with Crippen LogP contribution >= 0.6 is 0 Å². The topological polar surface area (TPSA) is 26.3 Å². The van der Waals surface area contributed by atoms with E-state index < -0.39 is 24.0 Å². The van der Waals surface area contributed by atoms with Gasteiger partial charge in [0, 0.05) is 0 Å². The van der Waals surface area contributed by atoms with Gasteiger partial charge < -0.3 is 4.74 Å². The lowest BCUT2D eigenvalue weighted by Gasteiger charge is -2.00. The Morgan fingerprint density at radius 3 is 2.33 bits per heavy atom. The molecule has 0 aromatic rings. The summed E-state index contributed by atoms with van der Waals surface area (Å²) in [6.07, 6.45) is -5.58. The minimum Gasteiger partial charge on any atom is -0.461 e. The van der Waals surface area contributed by atoms with Crippen LogP contribution in [0.3, 0.4) is 0 Å². The van der Waals surface area contributed by atoms with Crippen LogP contribution in [0, 0.1) is 0 Å². The summed E-state index contributed by atoms with van der Waals surface area (Å²) in [5, 5.41) is 0. The van der Waals surface area contributed by atoms with Crippen LogP contribution in [0.4, 0.5) is 17.6 Å². The predicted molar refractivity (Wildman–Crippen MR) is 31.9 cm³/mol. The molecule has 0 bridgehead atoms. The molecule has 12 heavy (non-hydrogen) atoms. The lowest BCUT2D eigenvalue weighted by atomic mass is 10.4. The van der Waals surface area contributed by atoms with Crippen LogP contribution in [0.5, 0.6) is 0 Å². The molecule has 0 saturated carbocycles. The van der Waals surface area contributed by atoms with Gasteiger partial charge in [-0.2, -0.15) is 17.6 Å². The first-order valence-corrected chi connectivity index (χ1v) is 2.99. The first-order chi connectivity index (χ1) is 5.37. The molecule has 0 unspecified atom stereocenters. The summed E-state index contributed by atoms with van der Waals surface area (Å²) < 4.78 is 50.3. The molecule has 0 aliphatic carbocycles. The lowest BCUT2D eigenvalue weighted by Crippen LogP contribution is -2.09. The van der Waals surface area contributed by atoms with Gasteiger partial charge in [-0.1, -0.05) is 0 Å². The highest BCUT2D eigenvalue weighted by molar-refractivity contribution is 5.85. The summed E-state index contributed by atoms with van der Waals surface area (Å²) in [6.45, 7) is 1.19. The van der Waals surface area contributed by atoms with E-state index in [1.807, 2.05) is 0 Å². The van der Waals surface area contributed by atoms with Crippen molar-refractivity contribution in [2.75, 3.05) is 6.61 Å². The fourth-order valence-electron chi connectivity index (χ4n) is 0.403. The van der Waals surface area contributed by atoms with Gasteiger partial charge in [-0.05, 0) is 6.92 Å². The molecular formula is C6H6F4O2. The largest absolute Gasteiger partial charge is 0.461 e. The number of hydrogen-bond acceptors (Lipinski definition) is 2. The summed E-state index contributed by atoms with van der Waals surface area (Å²) in [7, 11) is 0. The molecule has 0 saturated heterocycles. The quantitative estimate of drug-likeness (QED) is 0.374. The van der Waals surface area contributed by atoms with Crippen molar-refractivity contribution in [2.24, 2.45) is 0 Å². The second-order valence-corrected chi connectivity index (χ2v) is 1.75. The van der Waals surface area contributed by atoms with E-state index in [-0.39, 0.29) is 6.61 Å². The van der Waals surface area contributed by atoms with Crippen LogP contribution in [-0.4, -0.2) is 18.8 Å². The number of carbonyl (C=O) groups excluding carboxylic acids is 1. The Labute approximate surface area is 65.8 Å². The van der Waals surface area contributed by atoms with Gasteiger partial charge in [0.1, 0.15) is 0 Å². The Bertz CT molecular complexity index is 194. The Morgan fingerprint density at radius 2 is 2.00 bits per heavy atom. The number of halogens is 4. The summed E-state index contributed by atoms with van der Waals surface area (Å²) >= 11 is 0. The lowest BCUT2D eigenvalue weighted by molar-refractivity contribution is -0.141. The molecule has 0 rings (SSSR count). The maximum atomic E-state index is 12.1. The van der Waals surface area contributed by atoms with Gasteiger partial charge in [0.2, 0.25) is 5.83 Å². The number of rotatable bonds is 2. The molecule has 0 radical (unpaired) electrons. The van der Waals surface area contributed by atoms with Crippen molar-refractivity contribution in [3.63, 3.8) is 0 Å². The molecule has 0 aliphatic heterocycles. The molecule has 0 atom stereocenters. The predicted octanol–water partition coefficient (Wildman–Crippen LogP) is 1.97. The average Bonchev–Trinajstić information content (AvgIpc) is 1.84. The molecular weight excluding hydrogens is 180 g/mol. The van der Waals surface area contributed by atoms with Crippen LogP contribution in [0.25, 0.3) is 0 Å². The van der Waals surface area contributed by atoms with E-state index in [1.54, 1.807) is 0 Å². The van der Waals surface area contributed by atoms with Gasteiger partial charge in [0.05, 0.1) is 12.7 Å². The molecule has 0 fully saturated rings. The van der Waals surface area contributed by atoms with Crippen LogP contribution in [0.1, 0.15) is 6.92 Å². The van der Waals surface area contributed by atoms with Crippen LogP contribution < -0.4 is 0 Å². The first-order valence-electron chi connectivity index (χ1n) is 2.99. The molecule has 70 valence electrons. The number of alkyl halides is 3. The second-order valence-electron chi connectivity index (χ2n) is 1.75. The third-order valence-corrected chi connectivity index (χ3v) is 0.761. The molecule has 0 N–H and O–H groups in total. The normalized spacial score (nSPS) is 12.9. The fourth-order valence-corrected chi connectivity index (χ4v) is 0.403. The van der Waals surface area contributed by atoms with E-state index >= 15 is 0 Å². The average molecular weight is 186 g/mol. The monoisotopic (exact) mass is 186 g/mol. The van der Waals surface area contributed by atoms with E-state index in [4.69, 9.17) is 0 Å². The summed E-state index contributed by atoms with van der Waals surface area (Å²) in [5.74, 6) is -3.54. The Hall–Kier alpha value is -1.07. The van der Waals surface area contributed by atoms with Crippen molar-refractivity contribution in [1.29, 1.82) is 0 Å². The van der Waals surface area contributed by atoms with E-state index in [2.05, 4.69) is 4.74 Å². The van der Waals surface area contributed by atoms with Crippen LogP contribution in [0.2, 0.25) is 0 Å². The van der Waals surface area contributed by atoms with Gasteiger partial charge in [0.15, 0.2) is 0 Å². The van der Waals surface area contributed by atoms with Crippen molar-refractivity contribution < 1.29 is 27.1 Å². The highest BCUT2D eigenvalue weighted by Gasteiger charge is 2.27. The summed E-state index contributed by atoms with van der Waals surface area (Å²) in [6, 6.07) is 0. The minimum absolute atomic E-state index is 0.169. The van der Waals surface area contributed by atoms with Crippen LogP contribution in [-0.2, 0) is 9.53 Å². The zero-order chi connectivity index (χ0) is 9.78. The van der Waals surface area contributed by atoms with Gasteiger partial charge >= 0.3 is 12.1 Å². The maximum absolute atomic E-state index is 12.1. The molecule has 0 aliphatic rings. The van der Waals surface area contributed by atoms with E-state index in [9.17, 15) is 22.4 Å². The van der Waals surface area contributed by atoms with Gasteiger partial charge in [-0.25, -0.2) is 4.79 Å². The van der Waals surface area contributed by atoms with Crippen molar-refractivity contribution >= 4 is 5.97 Å². The highest BCUT2D eigenvalue weighted by Crippen LogP contribution is 2.19. The molecule has 6 heteroatoms. The third kappa shape index (κ3) is 4.70. The Kier molecular flexibility index (Phi) is 3.72. The number of allylic oxidation sites excluding steroid dienone is 1. The standard InChI is InChI=1S/C6H6F4O2/c1-2-12-5(11)4(7)3-6(8,9)10/h3H,2H2,1H3/b4-3-. The maximum Gasteiger partial charge on any atom is 0.412 e. The second kappa shape index (κ2) is 4.08. The molecule has 0 heterocycles. The zero-order valence-electron chi connectivity index (χ0n) is 6.11. The molecule has 0 amide bonds. The first kappa shape index (κ1) is 10.9. The molecule has 0 aromatic carbocycles. The number of carbonyl (C=O) groups is 1. The highest BCUT2D eigenvalue weighted by atomic mass is 19.4.